The van der Waals surface area contributed by atoms with Gasteiger partial charge in [0.2, 0.25) is 5.95 Å². The van der Waals surface area contributed by atoms with Gasteiger partial charge in [0.1, 0.15) is 4.88 Å². The lowest BCUT2D eigenvalue weighted by Gasteiger charge is -2.28. The topological polar surface area (TPSA) is 134 Å². The molecule has 3 heterocycles. The summed E-state index contributed by atoms with van der Waals surface area (Å²) < 4.78 is 2.06. The van der Waals surface area contributed by atoms with Crippen LogP contribution in [0.3, 0.4) is 0 Å². The zero-order chi connectivity index (χ0) is 25.4. The fourth-order valence-electron chi connectivity index (χ4n) is 5.39. The van der Waals surface area contributed by atoms with Crippen LogP contribution in [-0.2, 0) is 0 Å². The molecular formula is C25H31N5O5S. The Morgan fingerprint density at radius 3 is 2.69 bits per heavy atom. The van der Waals surface area contributed by atoms with Crippen LogP contribution in [0.2, 0.25) is 0 Å². The summed E-state index contributed by atoms with van der Waals surface area (Å²) in [6, 6.07) is 7.25. The maximum absolute atomic E-state index is 13.4. The molecule has 1 aliphatic carbocycles. The number of nitrogens with one attached hydrogen (secondary N) is 1. The Labute approximate surface area is 212 Å². The molecule has 192 valence electrons. The first kappa shape index (κ1) is 24.7. The molecule has 0 unspecified atom stereocenters. The SMILES string of the molecule is Cc1cccc2nc(NC(=O)c3cc([N+](=O)[O-])c(N4CCCC[C@H](O)C4)s3)n([C@H]3CC[C@H](O)CC3)c12. The Morgan fingerprint density at radius 2 is 1.94 bits per heavy atom. The molecule has 2 fully saturated rings. The molecular weight excluding hydrogens is 482 g/mol. The van der Waals surface area contributed by atoms with E-state index in [0.29, 0.717) is 43.3 Å². The third kappa shape index (κ3) is 4.82. The molecule has 1 aromatic carbocycles. The van der Waals surface area contributed by atoms with Crippen LogP contribution in [-0.4, -0.2) is 55.9 Å². The Balaban J connectivity index is 1.48. The number of carbonyl (C=O) groups is 1. The first-order valence-electron chi connectivity index (χ1n) is 12.5. The number of fused-ring (bicyclic) bond motifs is 1. The third-order valence-electron chi connectivity index (χ3n) is 7.22. The molecule has 0 radical (unpaired) electrons. The van der Waals surface area contributed by atoms with Crippen molar-refractivity contribution in [2.45, 2.75) is 70.1 Å². The summed E-state index contributed by atoms with van der Waals surface area (Å²) in [5.74, 6) is -0.0386. The average molecular weight is 514 g/mol. The van der Waals surface area contributed by atoms with E-state index in [1.165, 1.54) is 6.07 Å². The summed E-state index contributed by atoms with van der Waals surface area (Å²) in [5, 5.41) is 35.4. The number of hydrogen-bond donors (Lipinski definition) is 3. The molecule has 1 saturated carbocycles. The Kier molecular flexibility index (Phi) is 6.96. The van der Waals surface area contributed by atoms with Crippen LogP contribution in [0.4, 0.5) is 16.6 Å². The molecule has 1 atom stereocenters. The molecule has 36 heavy (non-hydrogen) atoms. The predicted octanol–water partition coefficient (Wildman–Crippen LogP) is 4.39. The van der Waals surface area contributed by atoms with E-state index in [-0.39, 0.29) is 22.7 Å². The van der Waals surface area contributed by atoms with Crippen molar-refractivity contribution in [3.63, 3.8) is 0 Å². The lowest BCUT2D eigenvalue weighted by molar-refractivity contribution is -0.383. The van der Waals surface area contributed by atoms with Gasteiger partial charge in [0.15, 0.2) is 5.00 Å². The van der Waals surface area contributed by atoms with Crippen LogP contribution in [0.1, 0.15) is 66.2 Å². The predicted molar refractivity (Wildman–Crippen MR) is 139 cm³/mol. The zero-order valence-corrected chi connectivity index (χ0v) is 21.0. The first-order chi connectivity index (χ1) is 17.3. The number of carbonyl (C=O) groups excluding carboxylic acids is 1. The highest BCUT2D eigenvalue weighted by Crippen LogP contribution is 2.40. The number of rotatable bonds is 5. The molecule has 1 amide bonds. The number of benzene rings is 1. The standard InChI is InChI=1S/C25H31N5O5S/c1-15-5-4-7-19-22(15)29(16-8-10-17(31)11-9-16)25(26-19)27-23(33)21-13-20(30(34)35)24(36-21)28-12-3-2-6-18(32)14-28/h4-5,7,13,16-18,31-32H,2-3,6,8-12,14H2,1H3,(H,26,27,33)/t16-,17-,18-/m0/s1. The first-order valence-corrected chi connectivity index (χ1v) is 13.3. The van der Waals surface area contributed by atoms with E-state index in [0.717, 1.165) is 53.6 Å². The number of nitrogens with zero attached hydrogens (tertiary/aromatic N) is 4. The molecule has 3 aromatic rings. The van der Waals surface area contributed by atoms with Crippen LogP contribution >= 0.6 is 11.3 Å². The normalized spacial score (nSPS) is 23.0. The molecule has 1 saturated heterocycles. The second-order valence-electron chi connectivity index (χ2n) is 9.82. The van der Waals surface area contributed by atoms with Crippen molar-refractivity contribution in [1.29, 1.82) is 0 Å². The number of aromatic nitrogens is 2. The number of aliphatic hydroxyl groups is 2. The Hall–Kier alpha value is -3.02. The number of thiophene rings is 1. The van der Waals surface area contributed by atoms with Gasteiger partial charge in [-0.25, -0.2) is 4.98 Å². The second kappa shape index (κ2) is 10.2. The van der Waals surface area contributed by atoms with Gasteiger partial charge in [-0.3, -0.25) is 20.2 Å². The average Bonchev–Trinajstić information content (AvgIpc) is 3.38. The fourth-order valence-corrected chi connectivity index (χ4v) is 6.44. The van der Waals surface area contributed by atoms with E-state index in [4.69, 9.17) is 4.98 Å². The maximum atomic E-state index is 13.4. The smallest absolute Gasteiger partial charge is 0.304 e. The van der Waals surface area contributed by atoms with Gasteiger partial charge in [0.25, 0.3) is 5.91 Å². The van der Waals surface area contributed by atoms with E-state index >= 15 is 0 Å². The highest BCUT2D eigenvalue weighted by Gasteiger charge is 2.30. The van der Waals surface area contributed by atoms with E-state index in [1.807, 2.05) is 30.0 Å². The monoisotopic (exact) mass is 513 g/mol. The van der Waals surface area contributed by atoms with Crippen molar-refractivity contribution in [2.24, 2.45) is 0 Å². The van der Waals surface area contributed by atoms with E-state index in [9.17, 15) is 25.1 Å². The number of amides is 1. The molecule has 2 aromatic heterocycles. The largest absolute Gasteiger partial charge is 0.393 e. The summed E-state index contributed by atoms with van der Waals surface area (Å²) in [6.45, 7) is 2.92. The second-order valence-corrected chi connectivity index (χ2v) is 10.8. The zero-order valence-electron chi connectivity index (χ0n) is 20.2. The lowest BCUT2D eigenvalue weighted by atomic mass is 9.92. The third-order valence-corrected chi connectivity index (χ3v) is 8.40. The molecule has 0 bridgehead atoms. The van der Waals surface area contributed by atoms with Crippen LogP contribution in [0.5, 0.6) is 0 Å². The van der Waals surface area contributed by atoms with Gasteiger partial charge in [0.05, 0.1) is 28.2 Å². The number of aliphatic hydroxyl groups excluding tert-OH is 2. The van der Waals surface area contributed by atoms with Crippen molar-refractivity contribution in [1.82, 2.24) is 9.55 Å². The van der Waals surface area contributed by atoms with Crippen molar-refractivity contribution >= 4 is 44.9 Å². The summed E-state index contributed by atoms with van der Waals surface area (Å²) in [7, 11) is 0. The molecule has 2 aliphatic rings. The molecule has 0 spiro atoms. The fraction of sp³-hybridized carbons (Fsp3) is 0.520. The summed E-state index contributed by atoms with van der Waals surface area (Å²) in [5.41, 5.74) is 2.64. The van der Waals surface area contributed by atoms with Crippen LogP contribution in [0.15, 0.2) is 24.3 Å². The van der Waals surface area contributed by atoms with Crippen molar-refractivity contribution in [3.05, 3.63) is 44.8 Å². The minimum absolute atomic E-state index is 0.0848. The van der Waals surface area contributed by atoms with Crippen LogP contribution in [0, 0.1) is 17.0 Å². The minimum Gasteiger partial charge on any atom is -0.393 e. The van der Waals surface area contributed by atoms with Crippen molar-refractivity contribution in [2.75, 3.05) is 23.3 Å². The highest BCUT2D eigenvalue weighted by molar-refractivity contribution is 7.18. The van der Waals surface area contributed by atoms with Gasteiger partial charge in [0, 0.05) is 25.2 Å². The van der Waals surface area contributed by atoms with E-state index < -0.39 is 16.9 Å². The summed E-state index contributed by atoms with van der Waals surface area (Å²) >= 11 is 1.08. The Morgan fingerprint density at radius 1 is 1.17 bits per heavy atom. The van der Waals surface area contributed by atoms with E-state index in [1.54, 1.807) is 0 Å². The van der Waals surface area contributed by atoms with Crippen LogP contribution in [0.25, 0.3) is 11.0 Å². The number of anilines is 2. The number of para-hydroxylation sites is 1. The summed E-state index contributed by atoms with van der Waals surface area (Å²) in [4.78, 5) is 31.5. The van der Waals surface area contributed by atoms with Crippen molar-refractivity contribution in [3.8, 4) is 0 Å². The van der Waals surface area contributed by atoms with Gasteiger partial charge < -0.3 is 19.7 Å². The number of aryl methyl sites for hydroxylation is 1. The summed E-state index contributed by atoms with van der Waals surface area (Å²) in [6.07, 6.45) is 4.41. The van der Waals surface area contributed by atoms with Gasteiger partial charge in [-0.15, -0.1) is 11.3 Å². The number of imidazole rings is 1. The van der Waals surface area contributed by atoms with Crippen LogP contribution < -0.4 is 10.2 Å². The highest BCUT2D eigenvalue weighted by atomic mass is 32.1. The molecule has 11 heteroatoms. The number of β-amino-alcohol motifs (C(OH)–C–C–N with tert-alkyl or cyclic N) is 1. The minimum atomic E-state index is -0.552. The molecule has 10 nitrogen and oxygen atoms in total. The molecule has 3 N–H and O–H groups in total. The van der Waals surface area contributed by atoms with Gasteiger partial charge in [-0.1, -0.05) is 12.1 Å². The quantitative estimate of drug-likeness (QED) is 0.340. The molecule has 1 aliphatic heterocycles. The Bertz CT molecular complexity index is 1280. The van der Waals surface area contributed by atoms with Gasteiger partial charge in [-0.05, 0) is 63.5 Å². The van der Waals surface area contributed by atoms with Crippen molar-refractivity contribution < 1.29 is 19.9 Å². The number of nitro groups is 1. The molecule has 5 rings (SSSR count). The van der Waals surface area contributed by atoms with Gasteiger partial charge in [-0.2, -0.15) is 0 Å². The van der Waals surface area contributed by atoms with Gasteiger partial charge >= 0.3 is 5.69 Å². The van der Waals surface area contributed by atoms with E-state index in [2.05, 4.69) is 9.88 Å². The number of hydrogen-bond acceptors (Lipinski definition) is 8. The lowest BCUT2D eigenvalue weighted by Crippen LogP contribution is -2.30. The maximum Gasteiger partial charge on any atom is 0.304 e.